The quantitative estimate of drug-likeness (QED) is 0.655. The first-order chi connectivity index (χ1) is 10.3. The van der Waals surface area contributed by atoms with E-state index in [0.29, 0.717) is 10.8 Å². The summed E-state index contributed by atoms with van der Waals surface area (Å²) < 4.78 is 0. The molecule has 1 aromatic carbocycles. The Balaban J connectivity index is 2.08. The second-order valence-electron chi connectivity index (χ2n) is 4.79. The van der Waals surface area contributed by atoms with E-state index in [2.05, 4.69) is 22.2 Å². The molecule has 0 bridgehead atoms. The molecule has 3 rings (SSSR count). The number of aromatic nitrogens is 2. The van der Waals surface area contributed by atoms with Crippen molar-refractivity contribution in [3.05, 3.63) is 40.7 Å². The van der Waals surface area contributed by atoms with E-state index in [1.807, 2.05) is 35.7 Å². The number of fused-ring (bicyclic) bond motifs is 1. The fourth-order valence-electron chi connectivity index (χ4n) is 2.15. The summed E-state index contributed by atoms with van der Waals surface area (Å²) in [5.41, 5.74) is 0.936. The Bertz CT molecular complexity index is 754. The summed E-state index contributed by atoms with van der Waals surface area (Å²) in [6.07, 6.45) is 2.27. The van der Waals surface area contributed by atoms with Gasteiger partial charge in [0.1, 0.15) is 5.82 Å². The fraction of sp³-hybridized carbons (Fsp3) is 0.250. The van der Waals surface area contributed by atoms with Crippen LogP contribution in [0.3, 0.4) is 0 Å². The van der Waals surface area contributed by atoms with E-state index in [-0.39, 0.29) is 0 Å². The molecule has 3 aromatic rings. The summed E-state index contributed by atoms with van der Waals surface area (Å²) in [7, 11) is 0. The molecule has 1 N–H and O–H groups in total. The van der Waals surface area contributed by atoms with Gasteiger partial charge in [-0.15, -0.1) is 11.3 Å². The van der Waals surface area contributed by atoms with Crippen LogP contribution >= 0.6 is 22.9 Å². The zero-order chi connectivity index (χ0) is 14.7. The van der Waals surface area contributed by atoms with Crippen LogP contribution in [0.5, 0.6) is 0 Å². The van der Waals surface area contributed by atoms with Crippen molar-refractivity contribution in [1.82, 2.24) is 9.97 Å². The van der Waals surface area contributed by atoms with E-state index >= 15 is 0 Å². The Hall–Kier alpha value is -1.65. The number of hydrogen-bond acceptors (Lipinski definition) is 4. The van der Waals surface area contributed by atoms with Crippen molar-refractivity contribution in [2.24, 2.45) is 0 Å². The number of para-hydroxylation sites is 1. The van der Waals surface area contributed by atoms with E-state index in [4.69, 9.17) is 11.6 Å². The first-order valence-electron chi connectivity index (χ1n) is 7.03. The van der Waals surface area contributed by atoms with Gasteiger partial charge >= 0.3 is 0 Å². The number of hydrogen-bond donors (Lipinski definition) is 1. The molecule has 0 saturated heterocycles. The van der Waals surface area contributed by atoms with E-state index in [1.54, 1.807) is 11.3 Å². The summed E-state index contributed by atoms with van der Waals surface area (Å²) in [6, 6.07) is 9.93. The number of thiophene rings is 1. The van der Waals surface area contributed by atoms with Crippen LogP contribution in [-0.4, -0.2) is 16.5 Å². The SMILES string of the molecule is CCCCNc1nc(-c2sccc2Cl)nc2ccccc12. The minimum absolute atomic E-state index is 0.688. The molecule has 5 heteroatoms. The highest BCUT2D eigenvalue weighted by Crippen LogP contribution is 2.33. The minimum atomic E-state index is 0.688. The lowest BCUT2D eigenvalue weighted by molar-refractivity contribution is 0.832. The van der Waals surface area contributed by atoms with E-state index < -0.39 is 0 Å². The van der Waals surface area contributed by atoms with Crippen LogP contribution < -0.4 is 5.32 Å². The largest absolute Gasteiger partial charge is 0.369 e. The minimum Gasteiger partial charge on any atom is -0.369 e. The number of halogens is 1. The summed E-state index contributed by atoms with van der Waals surface area (Å²) >= 11 is 7.78. The van der Waals surface area contributed by atoms with Crippen molar-refractivity contribution in [3.63, 3.8) is 0 Å². The Morgan fingerprint density at radius 3 is 2.81 bits per heavy atom. The van der Waals surface area contributed by atoms with Crippen LogP contribution in [0.1, 0.15) is 19.8 Å². The molecule has 108 valence electrons. The molecule has 0 aliphatic heterocycles. The van der Waals surface area contributed by atoms with Crippen molar-refractivity contribution in [1.29, 1.82) is 0 Å². The molecule has 2 heterocycles. The molecule has 0 spiro atoms. The first-order valence-corrected chi connectivity index (χ1v) is 8.29. The van der Waals surface area contributed by atoms with Crippen LogP contribution in [0.25, 0.3) is 21.6 Å². The van der Waals surface area contributed by atoms with Crippen molar-refractivity contribution < 1.29 is 0 Å². The average Bonchev–Trinajstić information content (AvgIpc) is 2.93. The third-order valence-corrected chi connectivity index (χ3v) is 4.58. The topological polar surface area (TPSA) is 37.8 Å². The maximum absolute atomic E-state index is 6.21. The normalized spacial score (nSPS) is 11.0. The van der Waals surface area contributed by atoms with Crippen LogP contribution in [0, 0.1) is 0 Å². The standard InChI is InChI=1S/C16H16ClN3S/c1-2-3-9-18-15-11-6-4-5-7-13(11)19-16(20-15)14-12(17)8-10-21-14/h4-8,10H,2-3,9H2,1H3,(H,18,19,20). The third kappa shape index (κ3) is 3.01. The summed E-state index contributed by atoms with van der Waals surface area (Å²) in [4.78, 5) is 10.2. The zero-order valence-electron chi connectivity index (χ0n) is 11.8. The van der Waals surface area contributed by atoms with Gasteiger partial charge in [-0.2, -0.15) is 0 Å². The Morgan fingerprint density at radius 1 is 1.19 bits per heavy atom. The van der Waals surface area contributed by atoms with Gasteiger partial charge in [0, 0.05) is 11.9 Å². The molecule has 0 amide bonds. The molecule has 0 aliphatic rings. The summed E-state index contributed by atoms with van der Waals surface area (Å²) in [6.45, 7) is 3.09. The number of rotatable bonds is 5. The molecule has 2 aromatic heterocycles. The highest BCUT2D eigenvalue weighted by molar-refractivity contribution is 7.14. The van der Waals surface area contributed by atoms with E-state index in [9.17, 15) is 0 Å². The highest BCUT2D eigenvalue weighted by atomic mass is 35.5. The number of benzene rings is 1. The fourth-order valence-corrected chi connectivity index (χ4v) is 3.22. The smallest absolute Gasteiger partial charge is 0.173 e. The second kappa shape index (κ2) is 6.41. The number of unbranched alkanes of at least 4 members (excludes halogenated alkanes) is 1. The van der Waals surface area contributed by atoms with Gasteiger partial charge in [-0.1, -0.05) is 37.1 Å². The van der Waals surface area contributed by atoms with E-state index in [1.165, 1.54) is 0 Å². The van der Waals surface area contributed by atoms with Crippen LogP contribution in [0.4, 0.5) is 5.82 Å². The number of anilines is 1. The van der Waals surface area contributed by atoms with Gasteiger partial charge in [0.2, 0.25) is 0 Å². The molecule has 0 aliphatic carbocycles. The third-order valence-electron chi connectivity index (χ3n) is 3.25. The molecule has 21 heavy (non-hydrogen) atoms. The van der Waals surface area contributed by atoms with Crippen molar-refractivity contribution in [2.75, 3.05) is 11.9 Å². The summed E-state index contributed by atoms with van der Waals surface area (Å²) in [5.74, 6) is 1.57. The zero-order valence-corrected chi connectivity index (χ0v) is 13.3. The van der Waals surface area contributed by atoms with Gasteiger partial charge in [0.25, 0.3) is 0 Å². The number of nitrogens with one attached hydrogen (secondary N) is 1. The Kier molecular flexibility index (Phi) is 4.36. The molecule has 0 saturated carbocycles. The van der Waals surface area contributed by atoms with Crippen molar-refractivity contribution in [3.8, 4) is 10.7 Å². The van der Waals surface area contributed by atoms with Crippen LogP contribution in [0.15, 0.2) is 35.7 Å². The number of nitrogens with zero attached hydrogens (tertiary/aromatic N) is 2. The van der Waals surface area contributed by atoms with Crippen LogP contribution in [-0.2, 0) is 0 Å². The van der Waals surface area contributed by atoms with Crippen molar-refractivity contribution >= 4 is 39.7 Å². The van der Waals surface area contributed by atoms with Gasteiger partial charge in [0.15, 0.2) is 5.82 Å². The second-order valence-corrected chi connectivity index (χ2v) is 6.11. The highest BCUT2D eigenvalue weighted by Gasteiger charge is 2.12. The maximum atomic E-state index is 6.21. The average molecular weight is 318 g/mol. The van der Waals surface area contributed by atoms with Gasteiger partial charge in [-0.3, -0.25) is 0 Å². The molecule has 3 nitrogen and oxygen atoms in total. The Morgan fingerprint density at radius 2 is 2.05 bits per heavy atom. The van der Waals surface area contributed by atoms with Gasteiger partial charge in [-0.25, -0.2) is 9.97 Å². The summed E-state index contributed by atoms with van der Waals surface area (Å²) in [5, 5.41) is 7.13. The molecular formula is C16H16ClN3S. The van der Waals surface area contributed by atoms with E-state index in [0.717, 1.165) is 41.0 Å². The molecule has 0 unspecified atom stereocenters. The molecular weight excluding hydrogens is 302 g/mol. The van der Waals surface area contributed by atoms with Crippen LogP contribution in [0.2, 0.25) is 5.02 Å². The van der Waals surface area contributed by atoms with Gasteiger partial charge in [-0.05, 0) is 30.0 Å². The lowest BCUT2D eigenvalue weighted by Gasteiger charge is -2.10. The lowest BCUT2D eigenvalue weighted by atomic mass is 10.2. The molecule has 0 radical (unpaired) electrons. The predicted molar refractivity (Wildman–Crippen MR) is 91.3 cm³/mol. The monoisotopic (exact) mass is 317 g/mol. The maximum Gasteiger partial charge on any atom is 0.173 e. The van der Waals surface area contributed by atoms with Crippen molar-refractivity contribution in [2.45, 2.75) is 19.8 Å². The van der Waals surface area contributed by atoms with Gasteiger partial charge < -0.3 is 5.32 Å². The molecule has 0 fully saturated rings. The van der Waals surface area contributed by atoms with Gasteiger partial charge in [0.05, 0.1) is 15.4 Å². The first kappa shape index (κ1) is 14.3. The lowest BCUT2D eigenvalue weighted by Crippen LogP contribution is -2.05. The Labute approximate surface area is 133 Å². The molecule has 0 atom stereocenters. The predicted octanol–water partition coefficient (Wildman–Crippen LogP) is 5.22.